The van der Waals surface area contributed by atoms with Crippen LogP contribution in [0.15, 0.2) is 29.8 Å². The van der Waals surface area contributed by atoms with E-state index in [4.69, 9.17) is 0 Å². The summed E-state index contributed by atoms with van der Waals surface area (Å²) in [7, 11) is 0. The maximum atomic E-state index is 12.8. The van der Waals surface area contributed by atoms with Gasteiger partial charge in [0.25, 0.3) is 0 Å². The second kappa shape index (κ2) is 4.15. The molecule has 0 aromatic heterocycles. The number of aliphatic hydroxyl groups is 1. The quantitative estimate of drug-likeness (QED) is 0.788. The second-order valence-electron chi connectivity index (χ2n) is 3.93. The SMILES string of the molecule is CCC1=C(c2ccc(F)cc2)[C@@H](O)CC1. The van der Waals surface area contributed by atoms with E-state index in [1.54, 1.807) is 12.1 Å². The lowest BCUT2D eigenvalue weighted by Crippen LogP contribution is -2.04. The standard InChI is InChI=1S/C13H15FO/c1-2-9-5-8-12(15)13(9)10-3-6-11(14)7-4-10/h3-4,6-7,12,15H,2,5,8H2,1H3/t12-/m0/s1. The topological polar surface area (TPSA) is 20.2 Å². The molecule has 0 bridgehead atoms. The summed E-state index contributed by atoms with van der Waals surface area (Å²) in [5.74, 6) is -0.232. The Bertz CT molecular complexity index is 378. The van der Waals surface area contributed by atoms with Crippen LogP contribution in [0.1, 0.15) is 31.7 Å². The van der Waals surface area contributed by atoms with E-state index in [-0.39, 0.29) is 11.9 Å². The number of hydrogen-bond acceptors (Lipinski definition) is 1. The van der Waals surface area contributed by atoms with Crippen molar-refractivity contribution < 1.29 is 9.50 Å². The fourth-order valence-electron chi connectivity index (χ4n) is 2.22. The van der Waals surface area contributed by atoms with Gasteiger partial charge in [-0.3, -0.25) is 0 Å². The van der Waals surface area contributed by atoms with Gasteiger partial charge in [0.1, 0.15) is 5.82 Å². The molecule has 1 aromatic carbocycles. The van der Waals surface area contributed by atoms with Crippen molar-refractivity contribution >= 4 is 5.57 Å². The molecular weight excluding hydrogens is 191 g/mol. The zero-order valence-electron chi connectivity index (χ0n) is 8.83. The van der Waals surface area contributed by atoms with Crippen molar-refractivity contribution in [3.8, 4) is 0 Å². The fourth-order valence-corrected chi connectivity index (χ4v) is 2.22. The molecule has 2 rings (SSSR count). The summed E-state index contributed by atoms with van der Waals surface area (Å²) < 4.78 is 12.8. The first-order valence-corrected chi connectivity index (χ1v) is 5.38. The summed E-state index contributed by atoms with van der Waals surface area (Å²) in [6.45, 7) is 2.09. The van der Waals surface area contributed by atoms with Gasteiger partial charge in [0.15, 0.2) is 0 Å². The predicted octanol–water partition coefficient (Wildman–Crippen LogP) is 3.14. The molecule has 0 fully saturated rings. The maximum Gasteiger partial charge on any atom is 0.123 e. The van der Waals surface area contributed by atoms with E-state index in [9.17, 15) is 9.50 Å². The number of halogens is 1. The van der Waals surface area contributed by atoms with Gasteiger partial charge in [0, 0.05) is 0 Å². The summed E-state index contributed by atoms with van der Waals surface area (Å²) in [4.78, 5) is 0. The van der Waals surface area contributed by atoms with Crippen molar-refractivity contribution in [1.82, 2.24) is 0 Å². The summed E-state index contributed by atoms with van der Waals surface area (Å²) in [6.07, 6.45) is 2.36. The van der Waals surface area contributed by atoms with Crippen LogP contribution in [0.5, 0.6) is 0 Å². The van der Waals surface area contributed by atoms with Crippen molar-refractivity contribution in [3.63, 3.8) is 0 Å². The van der Waals surface area contributed by atoms with E-state index in [1.807, 2.05) is 0 Å². The Morgan fingerprint density at radius 3 is 2.60 bits per heavy atom. The minimum absolute atomic E-state index is 0.232. The highest BCUT2D eigenvalue weighted by Crippen LogP contribution is 2.35. The van der Waals surface area contributed by atoms with E-state index in [0.29, 0.717) is 0 Å². The molecule has 1 aliphatic carbocycles. The second-order valence-corrected chi connectivity index (χ2v) is 3.93. The molecule has 0 radical (unpaired) electrons. The van der Waals surface area contributed by atoms with E-state index in [0.717, 1.165) is 30.4 Å². The smallest absolute Gasteiger partial charge is 0.123 e. The van der Waals surface area contributed by atoms with Crippen LogP contribution < -0.4 is 0 Å². The van der Waals surface area contributed by atoms with Gasteiger partial charge in [-0.15, -0.1) is 0 Å². The molecule has 0 spiro atoms. The van der Waals surface area contributed by atoms with Crippen molar-refractivity contribution in [2.24, 2.45) is 0 Å². The average Bonchev–Trinajstić information content (AvgIpc) is 2.61. The van der Waals surface area contributed by atoms with Gasteiger partial charge in [-0.2, -0.15) is 0 Å². The van der Waals surface area contributed by atoms with E-state index < -0.39 is 0 Å². The lowest BCUT2D eigenvalue weighted by molar-refractivity contribution is 0.231. The lowest BCUT2D eigenvalue weighted by Gasteiger charge is -2.10. The number of allylic oxidation sites excluding steroid dienone is 1. The van der Waals surface area contributed by atoms with Gasteiger partial charge in [-0.25, -0.2) is 4.39 Å². The van der Waals surface area contributed by atoms with Gasteiger partial charge >= 0.3 is 0 Å². The van der Waals surface area contributed by atoms with Crippen LogP contribution in [0.3, 0.4) is 0 Å². The molecule has 0 aliphatic heterocycles. The average molecular weight is 206 g/mol. The molecule has 0 heterocycles. The van der Waals surface area contributed by atoms with Crippen molar-refractivity contribution in [2.75, 3.05) is 0 Å². The molecule has 80 valence electrons. The van der Waals surface area contributed by atoms with Crippen LogP contribution in [0.25, 0.3) is 5.57 Å². The Morgan fingerprint density at radius 2 is 2.00 bits per heavy atom. The van der Waals surface area contributed by atoms with Crippen molar-refractivity contribution in [3.05, 3.63) is 41.2 Å². The largest absolute Gasteiger partial charge is 0.388 e. The third kappa shape index (κ3) is 1.95. The highest BCUT2D eigenvalue weighted by Gasteiger charge is 2.23. The number of rotatable bonds is 2. The minimum Gasteiger partial charge on any atom is -0.388 e. The third-order valence-electron chi connectivity index (χ3n) is 3.02. The summed E-state index contributed by atoms with van der Waals surface area (Å²) in [6, 6.07) is 6.38. The Morgan fingerprint density at radius 1 is 1.33 bits per heavy atom. The Labute approximate surface area is 89.3 Å². The molecule has 1 nitrogen and oxygen atoms in total. The summed E-state index contributed by atoms with van der Waals surface area (Å²) >= 11 is 0. The molecule has 0 unspecified atom stereocenters. The zero-order valence-corrected chi connectivity index (χ0v) is 8.83. The van der Waals surface area contributed by atoms with Gasteiger partial charge in [-0.05, 0) is 42.5 Å². The Hall–Kier alpha value is -1.15. The van der Waals surface area contributed by atoms with Crippen LogP contribution in [0.4, 0.5) is 4.39 Å². The number of benzene rings is 1. The van der Waals surface area contributed by atoms with Crippen LogP contribution in [-0.2, 0) is 0 Å². The van der Waals surface area contributed by atoms with Crippen LogP contribution >= 0.6 is 0 Å². The Balaban J connectivity index is 2.40. The van der Waals surface area contributed by atoms with Crippen LogP contribution in [-0.4, -0.2) is 11.2 Å². The monoisotopic (exact) mass is 206 g/mol. The molecule has 2 heteroatoms. The highest BCUT2D eigenvalue weighted by atomic mass is 19.1. The van der Waals surface area contributed by atoms with Gasteiger partial charge < -0.3 is 5.11 Å². The molecule has 1 N–H and O–H groups in total. The van der Waals surface area contributed by atoms with Gasteiger partial charge in [0.2, 0.25) is 0 Å². The summed E-state index contributed by atoms with van der Waals surface area (Å²) in [5, 5.41) is 9.86. The molecule has 0 saturated heterocycles. The van der Waals surface area contributed by atoms with E-state index >= 15 is 0 Å². The molecular formula is C13H15FO. The number of hydrogen-bond donors (Lipinski definition) is 1. The lowest BCUT2D eigenvalue weighted by atomic mass is 9.99. The zero-order chi connectivity index (χ0) is 10.8. The van der Waals surface area contributed by atoms with Crippen LogP contribution in [0, 0.1) is 5.82 Å². The first-order chi connectivity index (χ1) is 7.22. The molecule has 1 aliphatic rings. The normalized spacial score (nSPS) is 21.1. The fraction of sp³-hybridized carbons (Fsp3) is 0.385. The predicted molar refractivity (Wildman–Crippen MR) is 58.9 cm³/mol. The third-order valence-corrected chi connectivity index (χ3v) is 3.02. The molecule has 1 atom stereocenters. The number of aliphatic hydroxyl groups excluding tert-OH is 1. The van der Waals surface area contributed by atoms with E-state index in [1.165, 1.54) is 17.7 Å². The van der Waals surface area contributed by atoms with Gasteiger partial charge in [-0.1, -0.05) is 24.6 Å². The Kier molecular flexibility index (Phi) is 2.87. The highest BCUT2D eigenvalue weighted by molar-refractivity contribution is 5.73. The summed E-state index contributed by atoms with van der Waals surface area (Å²) in [5.41, 5.74) is 3.27. The first kappa shape index (κ1) is 10.4. The van der Waals surface area contributed by atoms with Gasteiger partial charge in [0.05, 0.1) is 6.10 Å². The van der Waals surface area contributed by atoms with Crippen LogP contribution in [0.2, 0.25) is 0 Å². The van der Waals surface area contributed by atoms with E-state index in [2.05, 4.69) is 6.92 Å². The van der Waals surface area contributed by atoms with Crippen molar-refractivity contribution in [2.45, 2.75) is 32.3 Å². The maximum absolute atomic E-state index is 12.8. The first-order valence-electron chi connectivity index (χ1n) is 5.38. The molecule has 1 aromatic rings. The molecule has 15 heavy (non-hydrogen) atoms. The van der Waals surface area contributed by atoms with Crippen molar-refractivity contribution in [1.29, 1.82) is 0 Å². The minimum atomic E-state index is -0.370. The molecule has 0 amide bonds. The molecule has 0 saturated carbocycles.